The lowest BCUT2D eigenvalue weighted by Crippen LogP contribution is -2.04. The average molecular weight is 331 g/mol. The van der Waals surface area contributed by atoms with Crippen LogP contribution in [0.25, 0.3) is 21.6 Å². The van der Waals surface area contributed by atoms with E-state index < -0.39 is 10.9 Å². The minimum Gasteiger partial charge on any atom is -0.461 e. The van der Waals surface area contributed by atoms with Gasteiger partial charge in [-0.3, -0.25) is 10.1 Å². The first-order valence-electron chi connectivity index (χ1n) is 6.90. The van der Waals surface area contributed by atoms with Crippen molar-refractivity contribution >= 4 is 33.9 Å². The Morgan fingerprint density at radius 3 is 2.91 bits per heavy atom. The number of aromatic amines is 1. The normalized spacial score (nSPS) is 10.9. The van der Waals surface area contributed by atoms with E-state index in [1.165, 1.54) is 17.4 Å². The van der Waals surface area contributed by atoms with Crippen LogP contribution in [0.5, 0.6) is 0 Å². The fourth-order valence-electron chi connectivity index (χ4n) is 2.33. The largest absolute Gasteiger partial charge is 0.461 e. The summed E-state index contributed by atoms with van der Waals surface area (Å²) in [6.45, 7) is 3.81. The van der Waals surface area contributed by atoms with E-state index in [1.807, 2.05) is 6.07 Å². The number of non-ortho nitro benzene ring substituents is 1. The lowest BCUT2D eigenvalue weighted by atomic mass is 10.1. The fourth-order valence-corrected chi connectivity index (χ4v) is 3.09. The molecule has 0 unspecified atom stereocenters. The molecule has 0 bridgehead atoms. The van der Waals surface area contributed by atoms with Crippen molar-refractivity contribution in [3.63, 3.8) is 0 Å². The Kier molecular flexibility index (Phi) is 3.83. The second-order valence-corrected chi connectivity index (χ2v) is 5.80. The maximum Gasteiger partial charge on any atom is 0.357 e. The number of aromatic nitrogens is 2. The van der Waals surface area contributed by atoms with Gasteiger partial charge in [-0.05, 0) is 31.5 Å². The van der Waals surface area contributed by atoms with Crippen molar-refractivity contribution in [3.05, 3.63) is 45.0 Å². The zero-order valence-electron chi connectivity index (χ0n) is 12.5. The molecule has 3 aromatic rings. The Morgan fingerprint density at radius 1 is 1.43 bits per heavy atom. The molecule has 0 radical (unpaired) electrons. The summed E-state index contributed by atoms with van der Waals surface area (Å²) in [6.07, 6.45) is 0. The van der Waals surface area contributed by atoms with Crippen molar-refractivity contribution in [1.29, 1.82) is 0 Å². The summed E-state index contributed by atoms with van der Waals surface area (Å²) in [6, 6.07) is 5.18. The van der Waals surface area contributed by atoms with Gasteiger partial charge in [0.2, 0.25) is 0 Å². The van der Waals surface area contributed by atoms with Gasteiger partial charge in [0.05, 0.1) is 17.2 Å². The lowest BCUT2D eigenvalue weighted by molar-refractivity contribution is -0.383. The first-order chi connectivity index (χ1) is 11.0. The van der Waals surface area contributed by atoms with E-state index >= 15 is 0 Å². The maximum atomic E-state index is 11.7. The van der Waals surface area contributed by atoms with Gasteiger partial charge in [-0.15, -0.1) is 11.3 Å². The van der Waals surface area contributed by atoms with Gasteiger partial charge >= 0.3 is 5.97 Å². The zero-order valence-corrected chi connectivity index (χ0v) is 13.3. The van der Waals surface area contributed by atoms with Gasteiger partial charge in [0.15, 0.2) is 5.69 Å². The van der Waals surface area contributed by atoms with E-state index in [9.17, 15) is 14.9 Å². The number of hydrogen-bond donors (Lipinski definition) is 1. The molecule has 3 rings (SSSR count). The highest BCUT2D eigenvalue weighted by Crippen LogP contribution is 2.32. The van der Waals surface area contributed by atoms with Crippen LogP contribution in [0.3, 0.4) is 0 Å². The molecule has 0 aliphatic carbocycles. The van der Waals surface area contributed by atoms with Gasteiger partial charge in [-0.1, -0.05) is 0 Å². The Bertz CT molecular complexity index is 913. The minimum atomic E-state index is -0.479. The number of H-pyrrole nitrogens is 1. The van der Waals surface area contributed by atoms with Gasteiger partial charge in [0.25, 0.3) is 5.69 Å². The number of hydrogen-bond acceptors (Lipinski definition) is 6. The molecule has 2 aromatic heterocycles. The Balaban J connectivity index is 2.06. The summed E-state index contributed by atoms with van der Waals surface area (Å²) in [7, 11) is 0. The van der Waals surface area contributed by atoms with Crippen molar-refractivity contribution in [2.75, 3.05) is 6.61 Å². The number of fused-ring (bicyclic) bond motifs is 1. The fraction of sp³-hybridized carbons (Fsp3) is 0.200. The number of thiazole rings is 1. The highest BCUT2D eigenvalue weighted by atomic mass is 32.1. The number of nitro benzene ring substituents is 1. The molecule has 7 nitrogen and oxygen atoms in total. The number of benzene rings is 1. The van der Waals surface area contributed by atoms with Gasteiger partial charge in [-0.25, -0.2) is 9.78 Å². The molecule has 0 spiro atoms. The number of ether oxygens (including phenoxy) is 1. The third-order valence-corrected chi connectivity index (χ3v) is 4.14. The third kappa shape index (κ3) is 2.80. The van der Waals surface area contributed by atoms with Crippen molar-refractivity contribution in [3.8, 4) is 10.7 Å². The first-order valence-corrected chi connectivity index (χ1v) is 7.78. The van der Waals surface area contributed by atoms with E-state index in [2.05, 4.69) is 9.97 Å². The summed E-state index contributed by atoms with van der Waals surface area (Å²) < 4.78 is 4.91. The Hall–Kier alpha value is -2.74. The van der Waals surface area contributed by atoms with Gasteiger partial charge in [-0.2, -0.15) is 0 Å². The Labute approximate surface area is 135 Å². The van der Waals surface area contributed by atoms with E-state index in [4.69, 9.17) is 4.74 Å². The predicted molar refractivity (Wildman–Crippen MR) is 86.8 cm³/mol. The molecular formula is C15H13N3O4S. The van der Waals surface area contributed by atoms with Crippen LogP contribution >= 0.6 is 11.3 Å². The molecule has 0 saturated carbocycles. The predicted octanol–water partition coefficient (Wildman–Crippen LogP) is 3.68. The van der Waals surface area contributed by atoms with Crippen LogP contribution in [0.15, 0.2) is 23.6 Å². The summed E-state index contributed by atoms with van der Waals surface area (Å²) >= 11 is 1.28. The van der Waals surface area contributed by atoms with Crippen LogP contribution in [0.4, 0.5) is 5.69 Å². The van der Waals surface area contributed by atoms with Gasteiger partial charge in [0.1, 0.15) is 10.5 Å². The molecule has 2 heterocycles. The molecule has 0 aliphatic heterocycles. The molecule has 118 valence electrons. The maximum absolute atomic E-state index is 11.7. The number of nitrogens with one attached hydrogen (secondary N) is 1. The van der Waals surface area contributed by atoms with Gasteiger partial charge < -0.3 is 9.72 Å². The number of carbonyl (C=O) groups excluding carboxylic acids is 1. The third-order valence-electron chi connectivity index (χ3n) is 3.27. The molecule has 0 fully saturated rings. The second-order valence-electron chi connectivity index (χ2n) is 4.95. The van der Waals surface area contributed by atoms with Crippen molar-refractivity contribution in [2.24, 2.45) is 0 Å². The summed E-state index contributed by atoms with van der Waals surface area (Å²) in [5, 5.41) is 14.1. The number of esters is 1. The zero-order chi connectivity index (χ0) is 16.6. The summed E-state index contributed by atoms with van der Waals surface area (Å²) in [5.41, 5.74) is 2.14. The standard InChI is InChI=1S/C15H13N3O4S/c1-3-22-15(19)11-7-23-14(17-11)10-6-9-4-8(2)5-12(18(20)21)13(9)16-10/h4-7,16H,3H2,1-2H3. The molecule has 0 amide bonds. The van der Waals surface area contributed by atoms with Crippen LogP contribution in [0, 0.1) is 17.0 Å². The lowest BCUT2D eigenvalue weighted by Gasteiger charge is -1.96. The van der Waals surface area contributed by atoms with E-state index in [-0.39, 0.29) is 18.0 Å². The molecule has 0 atom stereocenters. The van der Waals surface area contributed by atoms with Crippen LogP contribution in [-0.2, 0) is 4.74 Å². The van der Waals surface area contributed by atoms with Crippen LogP contribution in [0.1, 0.15) is 23.0 Å². The molecular weight excluding hydrogens is 318 g/mol. The molecule has 0 saturated heterocycles. The van der Waals surface area contributed by atoms with Crippen LogP contribution < -0.4 is 0 Å². The highest BCUT2D eigenvalue weighted by molar-refractivity contribution is 7.13. The summed E-state index contributed by atoms with van der Waals surface area (Å²) in [5.74, 6) is -0.479. The minimum absolute atomic E-state index is 0.0217. The number of nitro groups is 1. The first kappa shape index (κ1) is 15.2. The smallest absolute Gasteiger partial charge is 0.357 e. The van der Waals surface area contributed by atoms with E-state index in [1.54, 1.807) is 25.3 Å². The average Bonchev–Trinajstić information content (AvgIpc) is 3.12. The topological polar surface area (TPSA) is 98.1 Å². The van der Waals surface area contributed by atoms with Crippen molar-refractivity contribution in [2.45, 2.75) is 13.8 Å². The Morgan fingerprint density at radius 2 is 2.22 bits per heavy atom. The monoisotopic (exact) mass is 331 g/mol. The molecule has 1 N–H and O–H groups in total. The number of rotatable bonds is 4. The SMILES string of the molecule is CCOC(=O)c1csc(-c2cc3cc(C)cc([N+](=O)[O-])c3[nH]2)n1. The van der Waals surface area contributed by atoms with E-state index in [0.29, 0.717) is 16.2 Å². The molecule has 23 heavy (non-hydrogen) atoms. The quantitative estimate of drug-likeness (QED) is 0.446. The van der Waals surface area contributed by atoms with Crippen molar-refractivity contribution in [1.82, 2.24) is 9.97 Å². The summed E-state index contributed by atoms with van der Waals surface area (Å²) in [4.78, 5) is 29.7. The second kappa shape index (κ2) is 5.81. The molecule has 0 aliphatic rings. The van der Waals surface area contributed by atoms with Crippen LogP contribution in [-0.4, -0.2) is 27.5 Å². The number of nitrogens with zero attached hydrogens (tertiary/aromatic N) is 2. The number of carbonyl (C=O) groups is 1. The van der Waals surface area contributed by atoms with Crippen molar-refractivity contribution < 1.29 is 14.5 Å². The van der Waals surface area contributed by atoms with E-state index in [0.717, 1.165) is 10.9 Å². The van der Waals surface area contributed by atoms with Crippen LogP contribution in [0.2, 0.25) is 0 Å². The number of aryl methyl sites for hydroxylation is 1. The highest BCUT2D eigenvalue weighted by Gasteiger charge is 2.18. The molecule has 1 aromatic carbocycles. The molecule has 8 heteroatoms. The van der Waals surface area contributed by atoms with Gasteiger partial charge in [0, 0.05) is 16.8 Å².